The number of carbonyl (C=O) groups is 1. The van der Waals surface area contributed by atoms with Gasteiger partial charge in [0.2, 0.25) is 0 Å². The van der Waals surface area contributed by atoms with E-state index in [-0.39, 0.29) is 5.91 Å². The highest BCUT2D eigenvalue weighted by molar-refractivity contribution is 6.30. The minimum Gasteiger partial charge on any atom is -0.478 e. The molecule has 0 spiro atoms. The molecule has 1 amide bonds. The van der Waals surface area contributed by atoms with E-state index >= 15 is 0 Å². The van der Waals surface area contributed by atoms with Gasteiger partial charge in [-0.2, -0.15) is 5.10 Å². The molecule has 1 aromatic heterocycles. The molecule has 0 saturated carbocycles. The van der Waals surface area contributed by atoms with Crippen molar-refractivity contribution in [1.29, 1.82) is 0 Å². The molecule has 1 heterocycles. The van der Waals surface area contributed by atoms with E-state index in [1.807, 2.05) is 14.1 Å². The van der Waals surface area contributed by atoms with E-state index in [1.165, 1.54) is 0 Å². The highest BCUT2D eigenvalue weighted by Gasteiger charge is 2.30. The lowest BCUT2D eigenvalue weighted by atomic mass is 10.1. The van der Waals surface area contributed by atoms with Gasteiger partial charge in [0.15, 0.2) is 5.60 Å². The van der Waals surface area contributed by atoms with E-state index in [4.69, 9.17) is 16.3 Å². The van der Waals surface area contributed by atoms with E-state index < -0.39 is 5.60 Å². The van der Waals surface area contributed by atoms with Gasteiger partial charge in [0.25, 0.3) is 5.91 Å². The second kappa shape index (κ2) is 7.68. The van der Waals surface area contributed by atoms with Gasteiger partial charge in [-0.05, 0) is 52.2 Å². The number of nitrogens with zero attached hydrogens (tertiary/aromatic N) is 3. The summed E-state index contributed by atoms with van der Waals surface area (Å²) in [6, 6.07) is 6.91. The van der Waals surface area contributed by atoms with Crippen molar-refractivity contribution >= 4 is 23.2 Å². The lowest BCUT2D eigenvalue weighted by molar-refractivity contribution is -0.128. The Bertz CT molecular complexity index is 680. The fourth-order valence-electron chi connectivity index (χ4n) is 1.98. The molecule has 0 aliphatic heterocycles. The van der Waals surface area contributed by atoms with Crippen molar-refractivity contribution < 1.29 is 9.53 Å². The maximum Gasteiger partial charge on any atom is 0.268 e. The number of ether oxygens (including phenoxy) is 1. The second-order valence-corrected chi connectivity index (χ2v) is 6.75. The third-order valence-corrected chi connectivity index (χ3v) is 3.65. The highest BCUT2D eigenvalue weighted by Crippen LogP contribution is 2.22. The Hall–Kier alpha value is -2.05. The van der Waals surface area contributed by atoms with E-state index in [0.717, 1.165) is 13.1 Å². The molecule has 0 atom stereocenters. The van der Waals surface area contributed by atoms with Crippen LogP contribution in [0.3, 0.4) is 0 Å². The number of hydrogen-bond acceptors (Lipinski definition) is 4. The number of nitrogens with one attached hydrogen (secondary N) is 1. The molecule has 24 heavy (non-hydrogen) atoms. The minimum absolute atomic E-state index is 0.246. The molecule has 1 aromatic carbocycles. The van der Waals surface area contributed by atoms with Crippen LogP contribution in [0.2, 0.25) is 5.02 Å². The van der Waals surface area contributed by atoms with E-state index in [0.29, 0.717) is 16.5 Å². The largest absolute Gasteiger partial charge is 0.478 e. The molecule has 130 valence electrons. The number of carbonyl (C=O) groups excluding carboxylic acids is 1. The Balaban J connectivity index is 1.96. The van der Waals surface area contributed by atoms with Crippen molar-refractivity contribution in [3.63, 3.8) is 0 Å². The predicted octanol–water partition coefficient (Wildman–Crippen LogP) is 2.89. The monoisotopic (exact) mass is 350 g/mol. The zero-order valence-electron chi connectivity index (χ0n) is 14.4. The van der Waals surface area contributed by atoms with Gasteiger partial charge in [-0.3, -0.25) is 9.48 Å². The second-order valence-electron chi connectivity index (χ2n) is 6.32. The maximum atomic E-state index is 12.5. The molecule has 6 nitrogen and oxygen atoms in total. The third kappa shape index (κ3) is 5.25. The molecule has 0 fully saturated rings. The van der Waals surface area contributed by atoms with Crippen LogP contribution in [0.4, 0.5) is 5.69 Å². The average molecular weight is 351 g/mol. The molecular weight excluding hydrogens is 328 g/mol. The zero-order chi connectivity index (χ0) is 17.7. The van der Waals surface area contributed by atoms with E-state index in [1.54, 1.807) is 55.2 Å². The molecular formula is C17H23ClN4O2. The Morgan fingerprint density at radius 2 is 2.00 bits per heavy atom. The van der Waals surface area contributed by atoms with E-state index in [2.05, 4.69) is 15.3 Å². The smallest absolute Gasteiger partial charge is 0.268 e. The Labute approximate surface area is 147 Å². The molecule has 2 aromatic rings. The number of benzene rings is 1. The molecule has 0 radical (unpaired) electrons. The molecule has 0 saturated heterocycles. The Morgan fingerprint density at radius 1 is 1.33 bits per heavy atom. The summed E-state index contributed by atoms with van der Waals surface area (Å²) in [5.74, 6) is 0.339. The van der Waals surface area contributed by atoms with Crippen molar-refractivity contribution in [1.82, 2.24) is 14.7 Å². The molecule has 0 aliphatic rings. The van der Waals surface area contributed by atoms with Crippen LogP contribution in [0.1, 0.15) is 13.8 Å². The van der Waals surface area contributed by atoms with Gasteiger partial charge in [0.05, 0.1) is 18.4 Å². The van der Waals surface area contributed by atoms with Gasteiger partial charge in [-0.1, -0.05) is 11.6 Å². The Morgan fingerprint density at radius 3 is 2.62 bits per heavy atom. The quantitative estimate of drug-likeness (QED) is 0.834. The Kier molecular flexibility index (Phi) is 5.85. The van der Waals surface area contributed by atoms with Gasteiger partial charge in [-0.25, -0.2) is 0 Å². The molecule has 0 bridgehead atoms. The molecule has 0 aliphatic carbocycles. The van der Waals surface area contributed by atoms with Crippen molar-refractivity contribution in [2.24, 2.45) is 0 Å². The first kappa shape index (κ1) is 18.3. The summed E-state index contributed by atoms with van der Waals surface area (Å²) in [5.41, 5.74) is -0.383. The molecule has 2 rings (SSSR count). The highest BCUT2D eigenvalue weighted by atomic mass is 35.5. The van der Waals surface area contributed by atoms with Crippen LogP contribution in [-0.2, 0) is 11.3 Å². The third-order valence-electron chi connectivity index (χ3n) is 3.40. The van der Waals surface area contributed by atoms with Gasteiger partial charge in [0.1, 0.15) is 5.75 Å². The first-order chi connectivity index (χ1) is 11.3. The van der Waals surface area contributed by atoms with Crippen LogP contribution in [0, 0.1) is 0 Å². The van der Waals surface area contributed by atoms with Gasteiger partial charge >= 0.3 is 0 Å². The first-order valence-corrected chi connectivity index (χ1v) is 8.07. The van der Waals surface area contributed by atoms with Crippen LogP contribution in [-0.4, -0.2) is 46.8 Å². The van der Waals surface area contributed by atoms with Gasteiger partial charge in [0, 0.05) is 17.8 Å². The summed E-state index contributed by atoms with van der Waals surface area (Å²) in [5, 5.41) is 7.69. The number of likely N-dealkylation sites (N-methyl/N-ethyl adjacent to an activating group) is 1. The summed E-state index contributed by atoms with van der Waals surface area (Å²) in [6.45, 7) is 5.06. The minimum atomic E-state index is -1.03. The summed E-state index contributed by atoms with van der Waals surface area (Å²) in [6.07, 6.45) is 3.44. The van der Waals surface area contributed by atoms with Gasteiger partial charge < -0.3 is 15.0 Å². The maximum absolute atomic E-state index is 12.5. The number of rotatable bonds is 7. The van der Waals surface area contributed by atoms with Crippen LogP contribution >= 0.6 is 11.6 Å². The SMILES string of the molecule is CN(C)CCn1cc(NC(=O)C(C)(C)Oc2ccc(Cl)cc2)cn1. The standard InChI is InChI=1S/C17H23ClN4O2/c1-17(2,24-15-7-5-13(18)6-8-15)16(23)20-14-11-19-22(12-14)10-9-21(3)4/h5-8,11-12H,9-10H2,1-4H3,(H,20,23). The lowest BCUT2D eigenvalue weighted by Crippen LogP contribution is -2.42. The number of halogens is 1. The van der Waals surface area contributed by atoms with Crippen LogP contribution < -0.4 is 10.1 Å². The molecule has 0 unspecified atom stereocenters. The predicted molar refractivity (Wildman–Crippen MR) is 95.6 cm³/mol. The van der Waals surface area contributed by atoms with Crippen molar-refractivity contribution in [3.8, 4) is 5.75 Å². The molecule has 7 heteroatoms. The number of aromatic nitrogens is 2. The van der Waals surface area contributed by atoms with Crippen LogP contribution in [0.25, 0.3) is 0 Å². The van der Waals surface area contributed by atoms with E-state index in [9.17, 15) is 4.79 Å². The fourth-order valence-corrected chi connectivity index (χ4v) is 2.10. The van der Waals surface area contributed by atoms with Crippen molar-refractivity contribution in [3.05, 3.63) is 41.7 Å². The fraction of sp³-hybridized carbons (Fsp3) is 0.412. The summed E-state index contributed by atoms with van der Waals surface area (Å²) >= 11 is 5.85. The summed E-state index contributed by atoms with van der Waals surface area (Å²) < 4.78 is 7.57. The molecule has 1 N–H and O–H groups in total. The van der Waals surface area contributed by atoms with Crippen molar-refractivity contribution in [2.75, 3.05) is 26.0 Å². The first-order valence-electron chi connectivity index (χ1n) is 7.69. The summed E-state index contributed by atoms with van der Waals surface area (Å²) in [4.78, 5) is 14.5. The van der Waals surface area contributed by atoms with Crippen molar-refractivity contribution in [2.45, 2.75) is 26.0 Å². The number of hydrogen-bond donors (Lipinski definition) is 1. The summed E-state index contributed by atoms with van der Waals surface area (Å²) in [7, 11) is 4.01. The zero-order valence-corrected chi connectivity index (χ0v) is 15.2. The van der Waals surface area contributed by atoms with Crippen LogP contribution in [0.5, 0.6) is 5.75 Å². The number of amides is 1. The normalized spacial score (nSPS) is 11.6. The topological polar surface area (TPSA) is 59.4 Å². The average Bonchev–Trinajstić information content (AvgIpc) is 2.95. The lowest BCUT2D eigenvalue weighted by Gasteiger charge is -2.25. The van der Waals surface area contributed by atoms with Gasteiger partial charge in [-0.15, -0.1) is 0 Å². The number of anilines is 1. The van der Waals surface area contributed by atoms with Crippen LogP contribution in [0.15, 0.2) is 36.7 Å².